The number of nitrogens with one attached hydrogen (secondary N) is 1. The van der Waals surface area contributed by atoms with Crippen molar-refractivity contribution in [2.75, 3.05) is 24.7 Å². The summed E-state index contributed by atoms with van der Waals surface area (Å²) in [4.78, 5) is 12.2. The lowest BCUT2D eigenvalue weighted by Crippen LogP contribution is -2.40. The molecule has 28 heavy (non-hydrogen) atoms. The molecule has 0 radical (unpaired) electrons. The van der Waals surface area contributed by atoms with Gasteiger partial charge in [0.1, 0.15) is 12.0 Å². The third-order valence-electron chi connectivity index (χ3n) is 4.72. The van der Waals surface area contributed by atoms with Crippen LogP contribution in [0, 0.1) is 5.82 Å². The monoisotopic (exact) mass is 433 g/mol. The molecule has 1 aromatic carbocycles. The Bertz CT molecular complexity index is 711. The second-order valence-electron chi connectivity index (χ2n) is 8.01. The second kappa shape index (κ2) is 10.1. The van der Waals surface area contributed by atoms with Crippen LogP contribution in [-0.4, -0.2) is 33.6 Å². The summed E-state index contributed by atoms with van der Waals surface area (Å²) in [6, 6.07) is 4.41. The van der Waals surface area contributed by atoms with Gasteiger partial charge in [0.2, 0.25) is 5.91 Å². The van der Waals surface area contributed by atoms with E-state index in [-0.39, 0.29) is 30.5 Å². The van der Waals surface area contributed by atoms with Gasteiger partial charge in [0.15, 0.2) is 8.32 Å². The number of amides is 1. The van der Waals surface area contributed by atoms with Gasteiger partial charge in [0.05, 0.1) is 19.8 Å². The highest BCUT2D eigenvalue weighted by molar-refractivity contribution is 7.54. The molecule has 0 aliphatic heterocycles. The van der Waals surface area contributed by atoms with Crippen LogP contribution in [0.5, 0.6) is 0 Å². The van der Waals surface area contributed by atoms with Gasteiger partial charge in [-0.05, 0) is 44.1 Å². The highest BCUT2D eigenvalue weighted by Gasteiger charge is 2.37. The Morgan fingerprint density at radius 3 is 2.21 bits per heavy atom. The first kappa shape index (κ1) is 25.0. The molecule has 6 nitrogen and oxygen atoms in total. The fourth-order valence-electron chi connectivity index (χ4n) is 2.12. The molecule has 1 rings (SSSR count). The van der Waals surface area contributed by atoms with E-state index in [4.69, 9.17) is 13.5 Å². The number of hydrogen-bond donors (Lipinski definition) is 1. The van der Waals surface area contributed by atoms with E-state index in [2.05, 4.69) is 39.2 Å². The fourth-order valence-corrected chi connectivity index (χ4v) is 4.54. The lowest BCUT2D eigenvalue weighted by molar-refractivity contribution is -0.114. The highest BCUT2D eigenvalue weighted by atomic mass is 31.2. The minimum absolute atomic E-state index is 0.0342. The molecule has 0 aliphatic carbocycles. The second-order valence-corrected chi connectivity index (χ2v) is 14.9. The molecule has 0 aliphatic rings. The SMILES string of the molecule is CCOP(=O)(CC(=O)Nc1ccc(CO[Si](C)(C)C(C)(C)C)c(F)c1)OCC. The summed E-state index contributed by atoms with van der Waals surface area (Å²) in [5.74, 6) is -1.02. The van der Waals surface area contributed by atoms with E-state index >= 15 is 0 Å². The Morgan fingerprint density at radius 2 is 1.75 bits per heavy atom. The van der Waals surface area contributed by atoms with Crippen molar-refractivity contribution in [1.82, 2.24) is 0 Å². The molecule has 0 atom stereocenters. The van der Waals surface area contributed by atoms with Crippen LogP contribution < -0.4 is 5.32 Å². The number of benzene rings is 1. The lowest BCUT2D eigenvalue weighted by Gasteiger charge is -2.36. The van der Waals surface area contributed by atoms with Crippen LogP contribution in [0.15, 0.2) is 18.2 Å². The van der Waals surface area contributed by atoms with E-state index in [1.807, 2.05) is 0 Å². The van der Waals surface area contributed by atoms with Gasteiger partial charge >= 0.3 is 7.60 Å². The van der Waals surface area contributed by atoms with E-state index in [0.29, 0.717) is 5.56 Å². The predicted molar refractivity (Wildman–Crippen MR) is 113 cm³/mol. The van der Waals surface area contributed by atoms with Crippen LogP contribution in [-0.2, 0) is 29.4 Å². The summed E-state index contributed by atoms with van der Waals surface area (Å²) in [5.41, 5.74) is 0.704. The van der Waals surface area contributed by atoms with Crippen LogP contribution in [0.25, 0.3) is 0 Å². The molecule has 1 amide bonds. The number of rotatable bonds is 10. The highest BCUT2D eigenvalue weighted by Crippen LogP contribution is 2.47. The summed E-state index contributed by atoms with van der Waals surface area (Å²) in [6.07, 6.45) is -0.424. The van der Waals surface area contributed by atoms with Crippen molar-refractivity contribution in [1.29, 1.82) is 0 Å². The van der Waals surface area contributed by atoms with Gasteiger partial charge in [-0.3, -0.25) is 9.36 Å². The standard InChI is InChI=1S/C19H33FNO5PSi/c1-8-24-27(23,25-9-2)14-18(22)21-16-11-10-15(17(20)12-16)13-26-28(6,7)19(3,4)5/h10-12H,8-9,13-14H2,1-7H3,(H,21,22). The van der Waals surface area contributed by atoms with Gasteiger partial charge in [-0.2, -0.15) is 0 Å². The molecule has 160 valence electrons. The Morgan fingerprint density at radius 1 is 1.18 bits per heavy atom. The van der Waals surface area contributed by atoms with Gasteiger partial charge in [0, 0.05) is 11.3 Å². The Kier molecular flexibility index (Phi) is 9.03. The van der Waals surface area contributed by atoms with Crippen molar-refractivity contribution in [2.24, 2.45) is 0 Å². The van der Waals surface area contributed by atoms with Gasteiger partial charge in [-0.15, -0.1) is 0 Å². The number of carbonyl (C=O) groups is 1. The van der Waals surface area contributed by atoms with Crippen LogP contribution in [0.2, 0.25) is 18.1 Å². The van der Waals surface area contributed by atoms with Crippen molar-refractivity contribution in [3.05, 3.63) is 29.6 Å². The van der Waals surface area contributed by atoms with Crippen LogP contribution >= 0.6 is 7.60 Å². The minimum Gasteiger partial charge on any atom is -0.412 e. The van der Waals surface area contributed by atoms with E-state index in [1.165, 1.54) is 6.07 Å². The van der Waals surface area contributed by atoms with Gasteiger partial charge < -0.3 is 18.8 Å². The topological polar surface area (TPSA) is 73.9 Å². The summed E-state index contributed by atoms with van der Waals surface area (Å²) in [7, 11) is -5.49. The molecule has 1 aromatic rings. The Hall–Kier alpha value is -1.05. The molecular formula is C19H33FNO5PSi. The third-order valence-corrected chi connectivity index (χ3v) is 11.2. The van der Waals surface area contributed by atoms with Gasteiger partial charge in [0.25, 0.3) is 0 Å². The predicted octanol–water partition coefficient (Wildman–Crippen LogP) is 5.55. The smallest absolute Gasteiger partial charge is 0.340 e. The first-order valence-corrected chi connectivity index (χ1v) is 14.1. The zero-order valence-corrected chi connectivity index (χ0v) is 19.8. The normalized spacial score (nSPS) is 12.9. The first-order valence-electron chi connectivity index (χ1n) is 9.44. The maximum atomic E-state index is 14.4. The molecular weight excluding hydrogens is 400 g/mol. The number of hydrogen-bond acceptors (Lipinski definition) is 5. The van der Waals surface area contributed by atoms with Crippen LogP contribution in [0.1, 0.15) is 40.2 Å². The van der Waals surface area contributed by atoms with Crippen molar-refractivity contribution in [2.45, 2.75) is 59.4 Å². The molecule has 0 saturated heterocycles. The van der Waals surface area contributed by atoms with E-state index in [0.717, 1.165) is 0 Å². The average Bonchev–Trinajstić information content (AvgIpc) is 2.53. The molecule has 0 fully saturated rings. The largest absolute Gasteiger partial charge is 0.412 e. The van der Waals surface area contributed by atoms with Crippen LogP contribution in [0.4, 0.5) is 10.1 Å². The van der Waals surface area contributed by atoms with Crippen molar-refractivity contribution in [3.8, 4) is 0 Å². The first-order chi connectivity index (χ1) is 12.8. The zero-order chi connectivity index (χ0) is 21.6. The number of halogens is 1. The molecule has 1 N–H and O–H groups in total. The van der Waals surface area contributed by atoms with Gasteiger partial charge in [-0.1, -0.05) is 26.8 Å². The zero-order valence-electron chi connectivity index (χ0n) is 17.9. The molecule has 0 unspecified atom stereocenters. The average molecular weight is 434 g/mol. The van der Waals surface area contributed by atoms with Crippen LogP contribution in [0.3, 0.4) is 0 Å². The Labute approximate surface area is 168 Å². The summed E-state index contributed by atoms with van der Waals surface area (Å²) < 4.78 is 43.1. The summed E-state index contributed by atoms with van der Waals surface area (Å²) in [5, 5.41) is 2.57. The fraction of sp³-hybridized carbons (Fsp3) is 0.632. The summed E-state index contributed by atoms with van der Waals surface area (Å²) >= 11 is 0. The Balaban J connectivity index is 2.76. The lowest BCUT2D eigenvalue weighted by atomic mass is 10.2. The maximum absolute atomic E-state index is 14.4. The minimum atomic E-state index is -3.50. The van der Waals surface area contributed by atoms with Crippen molar-refractivity contribution < 1.29 is 27.2 Å². The number of anilines is 1. The van der Waals surface area contributed by atoms with E-state index < -0.39 is 33.8 Å². The molecule has 9 heteroatoms. The third kappa shape index (κ3) is 7.41. The van der Waals surface area contributed by atoms with E-state index in [9.17, 15) is 13.8 Å². The number of carbonyl (C=O) groups excluding carboxylic acids is 1. The molecule has 0 saturated carbocycles. The molecule has 0 heterocycles. The molecule has 0 aromatic heterocycles. The maximum Gasteiger partial charge on any atom is 0.340 e. The molecule has 0 spiro atoms. The molecule has 0 bridgehead atoms. The summed E-state index contributed by atoms with van der Waals surface area (Å²) in [6.45, 7) is 14.4. The van der Waals surface area contributed by atoms with Crippen molar-refractivity contribution in [3.63, 3.8) is 0 Å². The van der Waals surface area contributed by atoms with Gasteiger partial charge in [-0.25, -0.2) is 4.39 Å². The van der Waals surface area contributed by atoms with Crippen molar-refractivity contribution >= 4 is 27.5 Å². The quantitative estimate of drug-likeness (QED) is 0.387. The van der Waals surface area contributed by atoms with E-state index in [1.54, 1.807) is 26.0 Å².